The molecular weight excluding hydrogens is 232 g/mol. The van der Waals surface area contributed by atoms with Crippen molar-refractivity contribution in [2.24, 2.45) is 5.92 Å². The molecule has 17 heavy (non-hydrogen) atoms. The lowest BCUT2D eigenvalue weighted by molar-refractivity contribution is -0.122. The molecule has 2 heterocycles. The average Bonchev–Trinajstić information content (AvgIpc) is 3.00. The summed E-state index contributed by atoms with van der Waals surface area (Å²) in [4.78, 5) is 18.7. The second kappa shape index (κ2) is 4.86. The number of aromatic nitrogens is 1. The molecule has 2 atom stereocenters. The number of ketones is 1. The summed E-state index contributed by atoms with van der Waals surface area (Å²) < 4.78 is 0. The number of carbonyl (C=O) groups excluding carboxylic acids is 1. The van der Waals surface area contributed by atoms with Gasteiger partial charge >= 0.3 is 0 Å². The van der Waals surface area contributed by atoms with Crippen LogP contribution in [0.15, 0.2) is 11.6 Å². The van der Waals surface area contributed by atoms with Crippen LogP contribution in [0.25, 0.3) is 0 Å². The van der Waals surface area contributed by atoms with Crippen molar-refractivity contribution in [1.82, 2.24) is 9.88 Å². The third-order valence-electron chi connectivity index (χ3n) is 4.05. The van der Waals surface area contributed by atoms with Crippen molar-refractivity contribution in [1.29, 1.82) is 0 Å². The van der Waals surface area contributed by atoms with Gasteiger partial charge in [-0.15, -0.1) is 11.3 Å². The van der Waals surface area contributed by atoms with Gasteiger partial charge < -0.3 is 0 Å². The summed E-state index contributed by atoms with van der Waals surface area (Å²) in [7, 11) is 0. The Morgan fingerprint density at radius 1 is 1.41 bits per heavy atom. The van der Waals surface area contributed by atoms with E-state index in [2.05, 4.69) is 9.88 Å². The molecule has 0 radical (unpaired) electrons. The number of nitrogens with zero attached hydrogens (tertiary/aromatic N) is 2. The molecule has 0 bridgehead atoms. The minimum Gasteiger partial charge on any atom is -0.299 e. The number of thiazole rings is 1. The molecular formula is C13H18N2OS. The first-order valence-electron chi connectivity index (χ1n) is 6.50. The third-order valence-corrected chi connectivity index (χ3v) is 4.82. The summed E-state index contributed by atoms with van der Waals surface area (Å²) >= 11 is 1.72. The highest BCUT2D eigenvalue weighted by Crippen LogP contribution is 2.34. The molecule has 0 spiro atoms. The van der Waals surface area contributed by atoms with Crippen LogP contribution in [0.1, 0.15) is 37.1 Å². The van der Waals surface area contributed by atoms with Gasteiger partial charge in [0.2, 0.25) is 0 Å². The SMILES string of the molecule is O=C1CCCC1C1CCCN1Cc1nccs1. The zero-order valence-corrected chi connectivity index (χ0v) is 10.8. The monoisotopic (exact) mass is 250 g/mol. The van der Waals surface area contributed by atoms with Crippen LogP contribution in [-0.2, 0) is 11.3 Å². The van der Waals surface area contributed by atoms with Crippen molar-refractivity contribution >= 4 is 17.1 Å². The second-order valence-corrected chi connectivity index (χ2v) is 6.05. The number of hydrogen-bond donors (Lipinski definition) is 0. The standard InChI is InChI=1S/C13H18N2OS/c16-12-5-1-3-10(12)11-4-2-7-15(11)9-13-14-6-8-17-13/h6,8,10-11H,1-5,7,9H2. The Balaban J connectivity index is 1.69. The Kier molecular flexibility index (Phi) is 3.25. The maximum atomic E-state index is 11.9. The molecule has 3 rings (SSSR count). The van der Waals surface area contributed by atoms with Gasteiger partial charge in [0.25, 0.3) is 0 Å². The van der Waals surface area contributed by atoms with Gasteiger partial charge in [0.05, 0.1) is 6.54 Å². The van der Waals surface area contributed by atoms with Crippen molar-refractivity contribution in [3.63, 3.8) is 0 Å². The number of hydrogen-bond acceptors (Lipinski definition) is 4. The molecule has 2 fully saturated rings. The van der Waals surface area contributed by atoms with Crippen LogP contribution in [0, 0.1) is 5.92 Å². The van der Waals surface area contributed by atoms with Gasteiger partial charge in [0, 0.05) is 30.0 Å². The lowest BCUT2D eigenvalue weighted by Gasteiger charge is -2.27. The Bertz CT molecular complexity index is 390. The number of rotatable bonds is 3. The second-order valence-electron chi connectivity index (χ2n) is 5.07. The van der Waals surface area contributed by atoms with E-state index in [-0.39, 0.29) is 0 Å². The molecule has 3 nitrogen and oxygen atoms in total. The molecule has 1 saturated heterocycles. The summed E-state index contributed by atoms with van der Waals surface area (Å²) in [6, 6.07) is 0.494. The molecule has 0 amide bonds. The van der Waals surface area contributed by atoms with Gasteiger partial charge in [-0.3, -0.25) is 9.69 Å². The zero-order valence-electron chi connectivity index (χ0n) is 9.97. The normalized spacial score (nSPS) is 30.2. The van der Waals surface area contributed by atoms with E-state index in [0.29, 0.717) is 17.7 Å². The molecule has 1 aliphatic carbocycles. The van der Waals surface area contributed by atoms with Crippen LogP contribution in [-0.4, -0.2) is 28.3 Å². The smallest absolute Gasteiger partial charge is 0.137 e. The molecule has 2 aliphatic rings. The number of likely N-dealkylation sites (tertiary alicyclic amines) is 1. The van der Waals surface area contributed by atoms with E-state index in [4.69, 9.17) is 0 Å². The van der Waals surface area contributed by atoms with Crippen molar-refractivity contribution in [3.05, 3.63) is 16.6 Å². The van der Waals surface area contributed by atoms with Gasteiger partial charge in [0.1, 0.15) is 10.8 Å². The first kappa shape index (κ1) is 11.4. The molecule has 0 N–H and O–H groups in total. The van der Waals surface area contributed by atoms with Gasteiger partial charge in [-0.2, -0.15) is 0 Å². The highest BCUT2D eigenvalue weighted by molar-refractivity contribution is 7.09. The lowest BCUT2D eigenvalue weighted by Crippen LogP contribution is -2.36. The minimum absolute atomic E-state index is 0.317. The zero-order chi connectivity index (χ0) is 11.7. The summed E-state index contributed by atoms with van der Waals surface area (Å²) in [6.07, 6.45) is 7.32. The van der Waals surface area contributed by atoms with E-state index >= 15 is 0 Å². The fourth-order valence-electron chi connectivity index (χ4n) is 3.26. The Morgan fingerprint density at radius 2 is 2.35 bits per heavy atom. The maximum Gasteiger partial charge on any atom is 0.137 e. The predicted octanol–water partition coefficient (Wildman–Crippen LogP) is 2.48. The minimum atomic E-state index is 0.317. The molecule has 1 aliphatic heterocycles. The summed E-state index contributed by atoms with van der Waals surface area (Å²) in [6.45, 7) is 2.07. The van der Waals surface area contributed by atoms with Crippen LogP contribution in [0.4, 0.5) is 0 Å². The van der Waals surface area contributed by atoms with Crippen molar-refractivity contribution in [2.75, 3.05) is 6.54 Å². The maximum absolute atomic E-state index is 11.9. The topological polar surface area (TPSA) is 33.2 Å². The Morgan fingerprint density at radius 3 is 3.06 bits per heavy atom. The first-order valence-corrected chi connectivity index (χ1v) is 7.38. The van der Waals surface area contributed by atoms with Crippen LogP contribution in [0.2, 0.25) is 0 Å². The quantitative estimate of drug-likeness (QED) is 0.826. The fourth-order valence-corrected chi connectivity index (χ4v) is 3.90. The predicted molar refractivity (Wildman–Crippen MR) is 67.9 cm³/mol. The molecule has 2 unspecified atom stereocenters. The average molecular weight is 250 g/mol. The lowest BCUT2D eigenvalue weighted by atomic mass is 9.95. The van der Waals surface area contributed by atoms with E-state index < -0.39 is 0 Å². The van der Waals surface area contributed by atoms with E-state index in [1.54, 1.807) is 11.3 Å². The van der Waals surface area contributed by atoms with E-state index in [0.717, 1.165) is 32.4 Å². The number of Topliss-reactive ketones (excluding diaryl/α,β-unsaturated/α-hetero) is 1. The highest BCUT2D eigenvalue weighted by Gasteiger charge is 2.38. The fraction of sp³-hybridized carbons (Fsp3) is 0.692. The number of carbonyl (C=O) groups is 1. The van der Waals surface area contributed by atoms with Crippen LogP contribution in [0.3, 0.4) is 0 Å². The van der Waals surface area contributed by atoms with E-state index in [9.17, 15) is 4.79 Å². The Labute approximate surface area is 106 Å². The molecule has 4 heteroatoms. The summed E-state index contributed by atoms with van der Waals surface area (Å²) in [5, 5.41) is 3.21. The van der Waals surface area contributed by atoms with Gasteiger partial charge in [-0.05, 0) is 32.2 Å². The molecule has 1 aromatic heterocycles. The molecule has 92 valence electrons. The van der Waals surface area contributed by atoms with Crippen LogP contribution in [0.5, 0.6) is 0 Å². The van der Waals surface area contributed by atoms with Gasteiger partial charge in [-0.1, -0.05) is 0 Å². The van der Waals surface area contributed by atoms with Crippen LogP contribution >= 0.6 is 11.3 Å². The molecule has 0 aromatic carbocycles. The largest absolute Gasteiger partial charge is 0.299 e. The van der Waals surface area contributed by atoms with Crippen molar-refractivity contribution < 1.29 is 4.79 Å². The molecule has 1 saturated carbocycles. The van der Waals surface area contributed by atoms with Crippen molar-refractivity contribution in [3.8, 4) is 0 Å². The Hall–Kier alpha value is -0.740. The highest BCUT2D eigenvalue weighted by atomic mass is 32.1. The van der Waals surface area contributed by atoms with E-state index in [1.807, 2.05) is 11.6 Å². The first-order chi connectivity index (χ1) is 8.34. The summed E-state index contributed by atoms with van der Waals surface area (Å²) in [5.41, 5.74) is 0. The van der Waals surface area contributed by atoms with Crippen LogP contribution < -0.4 is 0 Å². The summed E-state index contributed by atoms with van der Waals surface area (Å²) in [5.74, 6) is 0.818. The van der Waals surface area contributed by atoms with Gasteiger partial charge in [0.15, 0.2) is 0 Å². The van der Waals surface area contributed by atoms with Crippen molar-refractivity contribution in [2.45, 2.75) is 44.7 Å². The van der Waals surface area contributed by atoms with Gasteiger partial charge in [-0.25, -0.2) is 4.98 Å². The van der Waals surface area contributed by atoms with E-state index in [1.165, 1.54) is 17.8 Å². The molecule has 1 aromatic rings. The third kappa shape index (κ3) is 2.29.